The van der Waals surface area contributed by atoms with Gasteiger partial charge in [0.2, 0.25) is 11.8 Å². The van der Waals surface area contributed by atoms with Crippen molar-refractivity contribution < 1.29 is 9.59 Å². The van der Waals surface area contributed by atoms with Crippen LogP contribution in [0.15, 0.2) is 12.4 Å². The van der Waals surface area contributed by atoms with Gasteiger partial charge in [-0.2, -0.15) is 0 Å². The van der Waals surface area contributed by atoms with E-state index in [0.717, 1.165) is 57.9 Å². The molecule has 1 aromatic rings. The Morgan fingerprint density at radius 1 is 1.17 bits per heavy atom. The lowest BCUT2D eigenvalue weighted by Gasteiger charge is -2.38. The lowest BCUT2D eigenvalue weighted by Crippen LogP contribution is -2.52. The Morgan fingerprint density at radius 3 is 2.54 bits per heavy atom. The number of aryl methyl sites for hydroxylation is 1. The van der Waals surface area contributed by atoms with Gasteiger partial charge in [-0.15, -0.1) is 0 Å². The van der Waals surface area contributed by atoms with Gasteiger partial charge in [-0.05, 0) is 12.8 Å². The molecule has 7 heteroatoms. The van der Waals surface area contributed by atoms with Crippen LogP contribution in [0.4, 0.5) is 0 Å². The largest absolute Gasteiger partial charge is 0.342 e. The molecule has 0 saturated carbocycles. The number of rotatable bonds is 3. The zero-order chi connectivity index (χ0) is 17.1. The van der Waals surface area contributed by atoms with Gasteiger partial charge in [-0.25, -0.2) is 4.98 Å². The summed E-state index contributed by atoms with van der Waals surface area (Å²) in [6.07, 6.45) is 5.60. The summed E-state index contributed by atoms with van der Waals surface area (Å²) in [6, 6.07) is 0. The number of carbonyl (C=O) groups excluding carboxylic acids is 2. The standard InChI is InChI=1S/C17H27N5O2/c1-14(23)22-6-3-4-15(12-22)17(24)21-10-8-20(9-11-21)13-16-18-5-7-19(16)2/h5,7,15H,3-4,6,8-13H2,1-2H3/t15-/m0/s1. The number of nitrogens with zero attached hydrogens (tertiary/aromatic N) is 5. The average molecular weight is 333 g/mol. The van der Waals surface area contributed by atoms with E-state index in [0.29, 0.717) is 6.54 Å². The molecular weight excluding hydrogens is 306 g/mol. The van der Waals surface area contributed by atoms with E-state index < -0.39 is 0 Å². The molecule has 24 heavy (non-hydrogen) atoms. The van der Waals surface area contributed by atoms with Crippen LogP contribution in [0.1, 0.15) is 25.6 Å². The highest BCUT2D eigenvalue weighted by Gasteiger charge is 2.31. The van der Waals surface area contributed by atoms with Crippen molar-refractivity contribution in [3.63, 3.8) is 0 Å². The number of hydrogen-bond donors (Lipinski definition) is 0. The number of aromatic nitrogens is 2. The van der Waals surface area contributed by atoms with E-state index >= 15 is 0 Å². The molecule has 2 saturated heterocycles. The molecule has 0 aliphatic carbocycles. The van der Waals surface area contributed by atoms with Gasteiger partial charge >= 0.3 is 0 Å². The maximum atomic E-state index is 12.8. The van der Waals surface area contributed by atoms with Crippen LogP contribution >= 0.6 is 0 Å². The summed E-state index contributed by atoms with van der Waals surface area (Å²) in [7, 11) is 2.01. The third-order valence-corrected chi connectivity index (χ3v) is 5.19. The number of piperazine rings is 1. The van der Waals surface area contributed by atoms with Crippen LogP contribution in [0.2, 0.25) is 0 Å². The summed E-state index contributed by atoms with van der Waals surface area (Å²) >= 11 is 0. The lowest BCUT2D eigenvalue weighted by atomic mass is 9.96. The number of amides is 2. The van der Waals surface area contributed by atoms with Gasteiger partial charge in [0.1, 0.15) is 5.82 Å². The first-order valence-electron chi connectivity index (χ1n) is 8.77. The van der Waals surface area contributed by atoms with Crippen molar-refractivity contribution in [3.8, 4) is 0 Å². The molecule has 0 spiro atoms. The van der Waals surface area contributed by atoms with Crippen LogP contribution in [-0.2, 0) is 23.2 Å². The van der Waals surface area contributed by atoms with Crippen LogP contribution in [-0.4, -0.2) is 75.3 Å². The molecule has 0 N–H and O–H groups in total. The highest BCUT2D eigenvalue weighted by molar-refractivity contribution is 5.81. The first kappa shape index (κ1) is 17.0. The maximum Gasteiger partial charge on any atom is 0.227 e. The van der Waals surface area contributed by atoms with Crippen molar-refractivity contribution in [2.75, 3.05) is 39.3 Å². The maximum absolute atomic E-state index is 12.8. The number of likely N-dealkylation sites (tertiary alicyclic amines) is 1. The van der Waals surface area contributed by atoms with E-state index in [2.05, 4.69) is 9.88 Å². The number of piperidine rings is 1. The molecule has 7 nitrogen and oxygen atoms in total. The molecule has 3 heterocycles. The third kappa shape index (κ3) is 3.77. The van der Waals surface area contributed by atoms with Crippen molar-refractivity contribution in [3.05, 3.63) is 18.2 Å². The van der Waals surface area contributed by atoms with Crippen LogP contribution in [0.25, 0.3) is 0 Å². The first-order valence-corrected chi connectivity index (χ1v) is 8.77. The summed E-state index contributed by atoms with van der Waals surface area (Å²) < 4.78 is 2.04. The Labute approximate surface area is 143 Å². The number of carbonyl (C=O) groups is 2. The van der Waals surface area contributed by atoms with Crippen molar-refractivity contribution >= 4 is 11.8 Å². The van der Waals surface area contributed by atoms with Gasteiger partial charge < -0.3 is 14.4 Å². The Hall–Kier alpha value is -1.89. The zero-order valence-corrected chi connectivity index (χ0v) is 14.6. The van der Waals surface area contributed by atoms with Gasteiger partial charge in [0.15, 0.2) is 0 Å². The van der Waals surface area contributed by atoms with Crippen LogP contribution in [0, 0.1) is 5.92 Å². The monoisotopic (exact) mass is 333 g/mol. The first-order chi connectivity index (χ1) is 11.5. The number of hydrogen-bond acceptors (Lipinski definition) is 4. The van der Waals surface area contributed by atoms with E-state index in [1.807, 2.05) is 33.8 Å². The Morgan fingerprint density at radius 2 is 1.92 bits per heavy atom. The minimum atomic E-state index is -0.0243. The second-order valence-electron chi connectivity index (χ2n) is 6.86. The van der Waals surface area contributed by atoms with Crippen molar-refractivity contribution in [1.82, 2.24) is 24.3 Å². The topological polar surface area (TPSA) is 61.7 Å². The molecule has 1 atom stereocenters. The fourth-order valence-electron chi connectivity index (χ4n) is 3.60. The van der Waals surface area contributed by atoms with Gasteiger partial charge in [0, 0.05) is 65.6 Å². The van der Waals surface area contributed by atoms with Crippen molar-refractivity contribution in [2.45, 2.75) is 26.3 Å². The smallest absolute Gasteiger partial charge is 0.227 e. The van der Waals surface area contributed by atoms with Crippen molar-refractivity contribution in [2.24, 2.45) is 13.0 Å². The normalized spacial score (nSPS) is 22.7. The lowest BCUT2D eigenvalue weighted by molar-refractivity contribution is -0.141. The molecule has 1 aromatic heterocycles. The Kier molecular flexibility index (Phi) is 5.18. The fraction of sp³-hybridized carbons (Fsp3) is 0.706. The van der Waals surface area contributed by atoms with Gasteiger partial charge in [-0.3, -0.25) is 14.5 Å². The molecule has 2 fully saturated rings. The van der Waals surface area contributed by atoms with Crippen LogP contribution < -0.4 is 0 Å². The third-order valence-electron chi connectivity index (χ3n) is 5.19. The summed E-state index contributed by atoms with van der Waals surface area (Å²) in [5.41, 5.74) is 0. The van der Waals surface area contributed by atoms with E-state index in [-0.39, 0.29) is 17.7 Å². The summed E-state index contributed by atoms with van der Waals surface area (Å²) in [4.78, 5) is 34.8. The van der Waals surface area contributed by atoms with Crippen LogP contribution in [0.3, 0.4) is 0 Å². The Bertz CT molecular complexity index is 592. The second-order valence-corrected chi connectivity index (χ2v) is 6.86. The van der Waals surface area contributed by atoms with Gasteiger partial charge in [0.05, 0.1) is 12.5 Å². The van der Waals surface area contributed by atoms with E-state index in [1.54, 1.807) is 6.92 Å². The predicted octanol–water partition coefficient (Wildman–Crippen LogP) is 0.323. The molecule has 0 bridgehead atoms. The Balaban J connectivity index is 1.50. The minimum absolute atomic E-state index is 0.0243. The summed E-state index contributed by atoms with van der Waals surface area (Å²) in [6.45, 7) is 7.07. The SMILES string of the molecule is CC(=O)N1CCC[C@H](C(=O)N2CCN(Cc3nccn3C)CC2)C1. The van der Waals surface area contributed by atoms with E-state index in [1.165, 1.54) is 0 Å². The van der Waals surface area contributed by atoms with Crippen molar-refractivity contribution in [1.29, 1.82) is 0 Å². The van der Waals surface area contributed by atoms with E-state index in [9.17, 15) is 9.59 Å². The highest BCUT2D eigenvalue weighted by Crippen LogP contribution is 2.20. The molecular formula is C17H27N5O2. The van der Waals surface area contributed by atoms with Crippen LogP contribution in [0.5, 0.6) is 0 Å². The molecule has 2 aliphatic rings. The fourth-order valence-corrected chi connectivity index (χ4v) is 3.60. The molecule has 132 valence electrons. The quantitative estimate of drug-likeness (QED) is 0.799. The average Bonchev–Trinajstić information content (AvgIpc) is 3.00. The second kappa shape index (κ2) is 7.34. The van der Waals surface area contributed by atoms with Gasteiger partial charge in [0.25, 0.3) is 0 Å². The molecule has 0 radical (unpaired) electrons. The molecule has 0 unspecified atom stereocenters. The highest BCUT2D eigenvalue weighted by atomic mass is 16.2. The molecule has 3 rings (SSSR count). The zero-order valence-electron chi connectivity index (χ0n) is 14.6. The predicted molar refractivity (Wildman–Crippen MR) is 90.0 cm³/mol. The van der Waals surface area contributed by atoms with Gasteiger partial charge in [-0.1, -0.05) is 0 Å². The summed E-state index contributed by atoms with van der Waals surface area (Å²) in [5, 5.41) is 0. The molecule has 2 amide bonds. The summed E-state index contributed by atoms with van der Waals surface area (Å²) in [5.74, 6) is 1.33. The van der Waals surface area contributed by atoms with E-state index in [4.69, 9.17) is 0 Å². The molecule has 0 aromatic carbocycles. The molecule has 2 aliphatic heterocycles. The minimum Gasteiger partial charge on any atom is -0.342 e. The number of imidazole rings is 1.